The van der Waals surface area contributed by atoms with E-state index in [1.54, 1.807) is 0 Å². The van der Waals surface area contributed by atoms with Gasteiger partial charge in [-0.25, -0.2) is 13.8 Å². The first-order valence-corrected chi connectivity index (χ1v) is 11.1. The number of para-hydroxylation sites is 1. The SMILES string of the molecule is CON=C(c1ccccc1)c1ccccc1N=c1sc(C)c(-c2c(F)cccc2F)s1. The Kier molecular flexibility index (Phi) is 6.34. The van der Waals surface area contributed by atoms with Gasteiger partial charge >= 0.3 is 0 Å². The predicted octanol–water partition coefficient (Wildman–Crippen LogP) is 6.69. The molecular weight excluding hydrogens is 434 g/mol. The van der Waals surface area contributed by atoms with Gasteiger partial charge in [-0.2, -0.15) is 0 Å². The Morgan fingerprint density at radius 2 is 1.52 bits per heavy atom. The highest BCUT2D eigenvalue weighted by atomic mass is 32.2. The number of aryl methyl sites for hydroxylation is 1. The van der Waals surface area contributed by atoms with Gasteiger partial charge in [-0.05, 0) is 25.1 Å². The predicted molar refractivity (Wildman–Crippen MR) is 123 cm³/mol. The summed E-state index contributed by atoms with van der Waals surface area (Å²) in [5, 5.41) is 4.22. The maximum Gasteiger partial charge on any atom is 0.171 e. The fourth-order valence-corrected chi connectivity index (χ4v) is 5.56. The highest BCUT2D eigenvalue weighted by Crippen LogP contribution is 2.33. The molecular formula is C24H18F2N2OS2. The summed E-state index contributed by atoms with van der Waals surface area (Å²) in [6, 6.07) is 21.2. The van der Waals surface area contributed by atoms with Crippen molar-refractivity contribution >= 4 is 34.1 Å². The Bertz CT molecular complexity index is 1290. The molecule has 0 saturated heterocycles. The Balaban J connectivity index is 1.84. The summed E-state index contributed by atoms with van der Waals surface area (Å²) < 4.78 is 29.3. The molecule has 3 nitrogen and oxygen atoms in total. The first-order valence-electron chi connectivity index (χ1n) is 9.44. The quantitative estimate of drug-likeness (QED) is 0.245. The van der Waals surface area contributed by atoms with Crippen molar-refractivity contribution in [2.24, 2.45) is 10.1 Å². The van der Waals surface area contributed by atoms with E-state index in [-0.39, 0.29) is 5.56 Å². The standard InChI is InChI=1S/C24H18F2N2OS2/c1-15-23(21-18(25)12-8-13-19(21)26)31-24(30-15)27-20-14-7-6-11-17(20)22(28-29-2)16-9-4-3-5-10-16/h3-14H,1-2H3. The molecule has 0 atom stereocenters. The van der Waals surface area contributed by atoms with Crippen molar-refractivity contribution in [1.82, 2.24) is 0 Å². The Morgan fingerprint density at radius 3 is 2.23 bits per heavy atom. The molecule has 0 aliphatic carbocycles. The molecule has 7 heteroatoms. The second-order valence-corrected chi connectivity index (χ2v) is 9.03. The molecule has 0 saturated carbocycles. The number of hydrogen-bond donors (Lipinski definition) is 0. The fraction of sp³-hybridized carbons (Fsp3) is 0.0833. The maximum absolute atomic E-state index is 14.3. The summed E-state index contributed by atoms with van der Waals surface area (Å²) in [6.45, 7) is 1.84. The van der Waals surface area contributed by atoms with Crippen LogP contribution in [0.1, 0.15) is 16.0 Å². The third-order valence-corrected chi connectivity index (χ3v) is 6.93. The molecule has 31 heavy (non-hydrogen) atoms. The van der Waals surface area contributed by atoms with Crippen molar-refractivity contribution in [3.8, 4) is 10.4 Å². The van der Waals surface area contributed by atoms with E-state index in [0.717, 1.165) is 16.0 Å². The van der Waals surface area contributed by atoms with Crippen molar-refractivity contribution in [3.05, 3.63) is 104 Å². The number of halogens is 2. The molecule has 0 aliphatic rings. The smallest absolute Gasteiger partial charge is 0.171 e. The summed E-state index contributed by atoms with van der Waals surface area (Å²) in [5.41, 5.74) is 3.03. The van der Waals surface area contributed by atoms with Crippen LogP contribution in [0.4, 0.5) is 14.5 Å². The third-order valence-electron chi connectivity index (χ3n) is 4.54. The lowest BCUT2D eigenvalue weighted by molar-refractivity contribution is 0.214. The van der Waals surface area contributed by atoms with Crippen LogP contribution in [-0.4, -0.2) is 12.8 Å². The van der Waals surface area contributed by atoms with E-state index in [1.807, 2.05) is 61.5 Å². The molecule has 156 valence electrons. The highest BCUT2D eigenvalue weighted by Gasteiger charge is 2.17. The minimum atomic E-state index is -0.581. The number of rotatable bonds is 5. The molecule has 0 fully saturated rings. The molecule has 4 aromatic rings. The van der Waals surface area contributed by atoms with Crippen molar-refractivity contribution in [3.63, 3.8) is 0 Å². The van der Waals surface area contributed by atoms with Crippen LogP contribution in [0.25, 0.3) is 10.4 Å². The van der Waals surface area contributed by atoms with E-state index in [1.165, 1.54) is 48.0 Å². The van der Waals surface area contributed by atoms with Gasteiger partial charge in [0.2, 0.25) is 0 Å². The minimum absolute atomic E-state index is 0.0121. The zero-order valence-electron chi connectivity index (χ0n) is 16.8. The van der Waals surface area contributed by atoms with Gasteiger partial charge in [0.05, 0.1) is 16.1 Å². The van der Waals surface area contributed by atoms with Crippen molar-refractivity contribution in [1.29, 1.82) is 0 Å². The molecule has 0 unspecified atom stereocenters. The van der Waals surface area contributed by atoms with Crippen molar-refractivity contribution < 1.29 is 13.6 Å². The number of benzene rings is 3. The second kappa shape index (κ2) is 9.32. The van der Waals surface area contributed by atoms with E-state index in [0.29, 0.717) is 20.3 Å². The summed E-state index contributed by atoms with van der Waals surface area (Å²) in [4.78, 5) is 11.2. The molecule has 0 aliphatic heterocycles. The van der Waals surface area contributed by atoms with Gasteiger partial charge in [-0.1, -0.05) is 59.8 Å². The zero-order chi connectivity index (χ0) is 21.8. The summed E-state index contributed by atoms with van der Waals surface area (Å²) >= 11 is 2.66. The second-order valence-electron chi connectivity index (χ2n) is 6.57. The van der Waals surface area contributed by atoms with Crippen LogP contribution in [0.5, 0.6) is 0 Å². The van der Waals surface area contributed by atoms with E-state index < -0.39 is 11.6 Å². The van der Waals surface area contributed by atoms with Gasteiger partial charge in [0.25, 0.3) is 0 Å². The largest absolute Gasteiger partial charge is 0.399 e. The van der Waals surface area contributed by atoms with Gasteiger partial charge in [0.15, 0.2) is 3.98 Å². The molecule has 1 heterocycles. The van der Waals surface area contributed by atoms with E-state index in [4.69, 9.17) is 9.83 Å². The van der Waals surface area contributed by atoms with Crippen LogP contribution in [0, 0.1) is 18.6 Å². The summed E-state index contributed by atoms with van der Waals surface area (Å²) in [7, 11) is 1.50. The first-order chi connectivity index (χ1) is 15.1. The van der Waals surface area contributed by atoms with Gasteiger partial charge in [-0.15, -0.1) is 22.7 Å². The van der Waals surface area contributed by atoms with Crippen LogP contribution in [0.2, 0.25) is 0 Å². The Labute approximate surface area is 186 Å². The first kappa shape index (κ1) is 21.1. The van der Waals surface area contributed by atoms with Crippen LogP contribution in [0.15, 0.2) is 82.9 Å². The minimum Gasteiger partial charge on any atom is -0.399 e. The summed E-state index contributed by atoms with van der Waals surface area (Å²) in [5.74, 6) is -1.16. The lowest BCUT2D eigenvalue weighted by atomic mass is 10.0. The topological polar surface area (TPSA) is 34.0 Å². The van der Waals surface area contributed by atoms with Crippen LogP contribution >= 0.6 is 22.7 Å². The Hall–Kier alpha value is -3.16. The Morgan fingerprint density at radius 1 is 0.839 bits per heavy atom. The monoisotopic (exact) mass is 452 g/mol. The van der Waals surface area contributed by atoms with E-state index in [2.05, 4.69) is 5.16 Å². The average molecular weight is 453 g/mol. The third kappa shape index (κ3) is 4.47. The molecule has 3 aromatic carbocycles. The van der Waals surface area contributed by atoms with E-state index >= 15 is 0 Å². The molecule has 0 radical (unpaired) electrons. The lowest BCUT2D eigenvalue weighted by Crippen LogP contribution is -2.05. The lowest BCUT2D eigenvalue weighted by Gasteiger charge is -2.08. The fourth-order valence-electron chi connectivity index (χ4n) is 3.16. The van der Waals surface area contributed by atoms with Crippen LogP contribution in [-0.2, 0) is 4.84 Å². The number of nitrogens with zero attached hydrogens (tertiary/aromatic N) is 2. The number of hydrogen-bond acceptors (Lipinski definition) is 5. The maximum atomic E-state index is 14.3. The van der Waals surface area contributed by atoms with Gasteiger partial charge in [-0.3, -0.25) is 0 Å². The molecule has 0 spiro atoms. The normalized spacial score (nSPS) is 12.3. The molecule has 0 N–H and O–H groups in total. The van der Waals surface area contributed by atoms with Gasteiger partial charge < -0.3 is 4.84 Å². The average Bonchev–Trinajstić information content (AvgIpc) is 3.13. The summed E-state index contributed by atoms with van der Waals surface area (Å²) in [6.07, 6.45) is 0. The van der Waals surface area contributed by atoms with Gasteiger partial charge in [0.1, 0.15) is 24.5 Å². The van der Waals surface area contributed by atoms with Crippen LogP contribution in [0.3, 0.4) is 0 Å². The van der Waals surface area contributed by atoms with Gasteiger partial charge in [0, 0.05) is 16.0 Å². The molecule has 4 rings (SSSR count). The molecule has 0 bridgehead atoms. The molecule has 0 amide bonds. The highest BCUT2D eigenvalue weighted by molar-refractivity contribution is 7.29. The zero-order valence-corrected chi connectivity index (χ0v) is 18.4. The number of oxime groups is 1. The van der Waals surface area contributed by atoms with Crippen molar-refractivity contribution in [2.75, 3.05) is 7.11 Å². The van der Waals surface area contributed by atoms with E-state index in [9.17, 15) is 8.78 Å². The van der Waals surface area contributed by atoms with Crippen LogP contribution < -0.4 is 3.98 Å². The molecule has 1 aromatic heterocycles. The van der Waals surface area contributed by atoms with Crippen molar-refractivity contribution in [2.45, 2.75) is 6.92 Å².